The van der Waals surface area contributed by atoms with Gasteiger partial charge in [-0.05, 0) is 81.1 Å². The number of nitrogens with one attached hydrogen (secondary N) is 1. The molecule has 0 fully saturated rings. The van der Waals surface area contributed by atoms with Gasteiger partial charge >= 0.3 is 0 Å². The predicted molar refractivity (Wildman–Crippen MR) is 170 cm³/mol. The van der Waals surface area contributed by atoms with Crippen LogP contribution in [0.3, 0.4) is 0 Å². The summed E-state index contributed by atoms with van der Waals surface area (Å²) in [5, 5.41) is 8.80. The first-order valence-electron chi connectivity index (χ1n) is 13.1. The molecule has 5 N–H and O–H groups in total. The van der Waals surface area contributed by atoms with Gasteiger partial charge in [-0.15, -0.1) is 0 Å². The van der Waals surface area contributed by atoms with Gasteiger partial charge in [-0.1, -0.05) is 25.4 Å². The third kappa shape index (κ3) is 12.2. The first-order chi connectivity index (χ1) is 18.9. The van der Waals surface area contributed by atoms with Crippen molar-refractivity contribution in [3.05, 3.63) is 76.3 Å². The molecule has 0 aliphatic carbocycles. The summed E-state index contributed by atoms with van der Waals surface area (Å²) >= 11 is 5.85. The molecule has 0 spiro atoms. The zero-order valence-corrected chi connectivity index (χ0v) is 26.6. The molecular formula is C29H46ClFN6O2S. The molecule has 224 valence electrons. The summed E-state index contributed by atoms with van der Waals surface area (Å²) in [4.78, 5) is 4.36. The highest BCUT2D eigenvalue weighted by molar-refractivity contribution is 8.32. The number of benzene rings is 1. The summed E-state index contributed by atoms with van der Waals surface area (Å²) in [6, 6.07) is 6.33. The minimum Gasteiger partial charge on any atom is -0.477 e. The zero-order valence-electron chi connectivity index (χ0n) is 25.1. The van der Waals surface area contributed by atoms with Crippen molar-refractivity contribution in [1.29, 1.82) is 0 Å². The number of hydrogen-bond donors (Lipinski definition) is 3. The van der Waals surface area contributed by atoms with Crippen molar-refractivity contribution >= 4 is 38.2 Å². The summed E-state index contributed by atoms with van der Waals surface area (Å²) in [6.07, 6.45) is 12.1. The molecule has 0 aliphatic heterocycles. The van der Waals surface area contributed by atoms with Gasteiger partial charge in [-0.25, -0.2) is 24.1 Å². The van der Waals surface area contributed by atoms with E-state index in [0.717, 1.165) is 23.4 Å². The van der Waals surface area contributed by atoms with Gasteiger partial charge in [-0.3, -0.25) is 0 Å². The molecule has 3 rings (SSSR count). The highest BCUT2D eigenvalue weighted by atomic mass is 35.5. The summed E-state index contributed by atoms with van der Waals surface area (Å²) in [5.74, 6) is 0.867. The number of pyridine rings is 1. The number of nitrogens with two attached hydrogens (primary N) is 2. The van der Waals surface area contributed by atoms with Crippen molar-refractivity contribution < 1.29 is 13.9 Å². The van der Waals surface area contributed by atoms with Crippen molar-refractivity contribution in [1.82, 2.24) is 20.1 Å². The molecule has 3 aromatic rings. The smallest absolute Gasteiger partial charge is 0.207 e. The molecule has 0 aliphatic rings. The van der Waals surface area contributed by atoms with Crippen LogP contribution in [0, 0.1) is 12.7 Å². The van der Waals surface area contributed by atoms with E-state index in [1.807, 2.05) is 37.0 Å². The number of aryl methyl sites for hydroxylation is 1. The van der Waals surface area contributed by atoms with Gasteiger partial charge < -0.3 is 26.3 Å². The number of fused-ring (bicyclic) bond motifs is 1. The summed E-state index contributed by atoms with van der Waals surface area (Å²) in [6.45, 7) is 10.1. The van der Waals surface area contributed by atoms with Crippen LogP contribution in [-0.4, -0.2) is 66.1 Å². The van der Waals surface area contributed by atoms with Crippen LogP contribution in [0.1, 0.15) is 31.9 Å². The molecule has 0 unspecified atom stereocenters. The van der Waals surface area contributed by atoms with Crippen LogP contribution in [0.2, 0.25) is 5.02 Å². The fourth-order valence-electron chi connectivity index (χ4n) is 3.19. The molecule has 2 aromatic heterocycles. The van der Waals surface area contributed by atoms with E-state index in [1.165, 1.54) is 23.8 Å². The first kappa shape index (κ1) is 35.2. The number of likely N-dealkylation sites (N-methyl/N-ethyl adjacent to an activating group) is 1. The molecular weight excluding hydrogens is 551 g/mol. The van der Waals surface area contributed by atoms with Crippen molar-refractivity contribution in [2.45, 2.75) is 34.4 Å². The van der Waals surface area contributed by atoms with Crippen LogP contribution in [0.5, 0.6) is 0 Å². The maximum Gasteiger partial charge on any atom is 0.207 e. The number of hydrogen-bond acceptors (Lipinski definition) is 7. The maximum atomic E-state index is 13.7. The van der Waals surface area contributed by atoms with Crippen molar-refractivity contribution in [3.8, 4) is 0 Å². The molecule has 0 saturated heterocycles. The normalized spacial score (nSPS) is 12.6. The van der Waals surface area contributed by atoms with E-state index in [2.05, 4.69) is 41.1 Å². The zero-order chi connectivity index (χ0) is 30.3. The second-order valence-electron chi connectivity index (χ2n) is 9.56. The summed E-state index contributed by atoms with van der Waals surface area (Å²) in [7, 11) is 1.32. The minimum atomic E-state index is -0.485. The highest BCUT2D eigenvalue weighted by Crippen LogP contribution is 2.33. The van der Waals surface area contributed by atoms with E-state index < -0.39 is 10.0 Å². The molecule has 0 atom stereocenters. The number of allylic oxidation sites excluding steroid dienone is 2. The number of rotatable bonds is 11. The Labute approximate surface area is 245 Å². The number of nitrogens with zero attached hydrogens (tertiary/aromatic N) is 3. The number of ether oxygens (including phenoxy) is 2. The SMILES string of the molecule is CC.CNCCO/C(N)=C(N)/C=C(\C)c1cc(Cl)ccc1F.Cc1ccnc2c1cnn2COCCS(C)(C)C. The van der Waals surface area contributed by atoms with Crippen LogP contribution in [-0.2, 0) is 16.2 Å². The summed E-state index contributed by atoms with van der Waals surface area (Å²) < 4.78 is 26.4. The van der Waals surface area contributed by atoms with E-state index in [0.29, 0.717) is 36.0 Å². The Morgan fingerprint density at radius 2 is 1.88 bits per heavy atom. The first-order valence-corrected chi connectivity index (χ1v) is 16.5. The molecule has 1 aromatic carbocycles. The largest absolute Gasteiger partial charge is 0.477 e. The van der Waals surface area contributed by atoms with Gasteiger partial charge in [0.15, 0.2) is 5.65 Å². The molecule has 0 bridgehead atoms. The van der Waals surface area contributed by atoms with Crippen molar-refractivity contribution in [3.63, 3.8) is 0 Å². The van der Waals surface area contributed by atoms with Crippen LogP contribution in [0.25, 0.3) is 16.6 Å². The Morgan fingerprint density at radius 3 is 2.52 bits per heavy atom. The summed E-state index contributed by atoms with van der Waals surface area (Å²) in [5.41, 5.74) is 14.8. The Morgan fingerprint density at radius 1 is 1.18 bits per heavy atom. The molecule has 8 nitrogen and oxygen atoms in total. The highest BCUT2D eigenvalue weighted by Gasteiger charge is 2.08. The van der Waals surface area contributed by atoms with Crippen LogP contribution in [0.4, 0.5) is 4.39 Å². The van der Waals surface area contributed by atoms with Crippen molar-refractivity contribution in [2.75, 3.05) is 51.3 Å². The van der Waals surface area contributed by atoms with Gasteiger partial charge in [0.1, 0.15) is 19.2 Å². The lowest BCUT2D eigenvalue weighted by Crippen LogP contribution is -2.18. The Balaban J connectivity index is 0.000000378. The van der Waals surface area contributed by atoms with Crippen molar-refractivity contribution in [2.24, 2.45) is 11.5 Å². The maximum absolute atomic E-state index is 13.7. The molecule has 40 heavy (non-hydrogen) atoms. The van der Waals surface area contributed by atoms with Crippen LogP contribution >= 0.6 is 21.6 Å². The molecule has 2 heterocycles. The van der Waals surface area contributed by atoms with E-state index in [9.17, 15) is 4.39 Å². The van der Waals surface area contributed by atoms with Crippen LogP contribution in [0.15, 0.2) is 54.3 Å². The molecule has 11 heteroatoms. The number of halogens is 2. The van der Waals surface area contributed by atoms with Crippen LogP contribution < -0.4 is 16.8 Å². The fraction of sp³-hybridized carbons (Fsp3) is 0.448. The second kappa shape index (κ2) is 17.8. The predicted octanol–water partition coefficient (Wildman–Crippen LogP) is 5.64. The lowest BCUT2D eigenvalue weighted by Gasteiger charge is -2.24. The second-order valence-corrected chi connectivity index (χ2v) is 14.6. The van der Waals surface area contributed by atoms with E-state index in [4.69, 9.17) is 32.5 Å². The quantitative estimate of drug-likeness (QED) is 0.149. The van der Waals surface area contributed by atoms with E-state index >= 15 is 0 Å². The average Bonchev–Trinajstić information content (AvgIpc) is 3.33. The third-order valence-corrected chi connectivity index (χ3v) is 7.06. The van der Waals surface area contributed by atoms with Gasteiger partial charge in [-0.2, -0.15) is 5.10 Å². The van der Waals surface area contributed by atoms with Gasteiger partial charge in [0, 0.05) is 34.5 Å². The minimum absolute atomic E-state index is 0.113. The van der Waals surface area contributed by atoms with Gasteiger partial charge in [0.2, 0.25) is 5.88 Å². The number of aromatic nitrogens is 3. The Bertz CT molecular complexity index is 1260. The van der Waals surface area contributed by atoms with E-state index in [1.54, 1.807) is 20.0 Å². The molecule has 0 amide bonds. The average molecular weight is 597 g/mol. The monoisotopic (exact) mass is 596 g/mol. The lowest BCUT2D eigenvalue weighted by molar-refractivity contribution is 0.0836. The topological polar surface area (TPSA) is 113 Å². The van der Waals surface area contributed by atoms with Gasteiger partial charge in [0.05, 0.1) is 18.5 Å². The van der Waals surface area contributed by atoms with Gasteiger partial charge in [0.25, 0.3) is 0 Å². The molecule has 0 radical (unpaired) electrons. The fourth-order valence-corrected chi connectivity index (χ4v) is 3.98. The Kier molecular flexibility index (Phi) is 15.7. The molecule has 0 saturated carbocycles. The lowest BCUT2D eigenvalue weighted by atomic mass is 10.1. The Hall–Kier alpha value is -2.79. The third-order valence-electron chi connectivity index (χ3n) is 5.43. The van der Waals surface area contributed by atoms with E-state index in [-0.39, 0.29) is 17.4 Å². The standard InChI is InChI=1S/C14H19ClFN3O.C13H21N3OS.C2H6/c1-9(11-8-10(15)3-4-12(11)16)7-13(17)14(18)20-6-5-19-2;1-11-5-6-14-13-12(11)9-15-16(13)10-17-7-8-18(2,3)4;1-2/h3-4,7-8,19H,5-6,17-18H2,1-2H3;5-6,9H,7-8,10H2,1-4H3;1-2H3/b9-7+,14-13-;;.